The van der Waals surface area contributed by atoms with Crippen molar-refractivity contribution in [2.45, 2.75) is 13.0 Å². The summed E-state index contributed by atoms with van der Waals surface area (Å²) in [7, 11) is 0. The third-order valence-electron chi connectivity index (χ3n) is 4.06. The minimum absolute atomic E-state index is 0.263. The number of carbonyl (C=O) groups is 3. The van der Waals surface area contributed by atoms with Crippen LogP contribution in [0.3, 0.4) is 0 Å². The molecule has 0 saturated carbocycles. The van der Waals surface area contributed by atoms with Gasteiger partial charge in [0.15, 0.2) is 0 Å². The van der Waals surface area contributed by atoms with E-state index >= 15 is 0 Å². The molecule has 0 aromatic heterocycles. The Balaban J connectivity index is 1.54. The highest BCUT2D eigenvalue weighted by molar-refractivity contribution is 9.10. The van der Waals surface area contributed by atoms with Gasteiger partial charge < -0.3 is 10.1 Å². The normalized spacial score (nSPS) is 14.2. The molecule has 1 heterocycles. The summed E-state index contributed by atoms with van der Waals surface area (Å²) in [5.74, 6) is -0.614. The molecule has 3 rings (SSSR count). The Kier molecular flexibility index (Phi) is 5.37. The predicted molar refractivity (Wildman–Crippen MR) is 99.1 cm³/mol. The lowest BCUT2D eigenvalue weighted by Crippen LogP contribution is -2.48. The van der Waals surface area contributed by atoms with E-state index in [-0.39, 0.29) is 13.2 Å². The summed E-state index contributed by atoms with van der Waals surface area (Å²) in [6, 6.07) is 13.0. The molecule has 26 heavy (non-hydrogen) atoms. The van der Waals surface area contributed by atoms with E-state index in [1.54, 1.807) is 24.3 Å². The molecular weight excluding hydrogens is 400 g/mol. The van der Waals surface area contributed by atoms with Crippen molar-refractivity contribution in [2.24, 2.45) is 0 Å². The maximum absolute atomic E-state index is 12.4. The van der Waals surface area contributed by atoms with Crippen LogP contribution in [0.15, 0.2) is 53.0 Å². The summed E-state index contributed by atoms with van der Waals surface area (Å²) < 4.78 is 6.44. The lowest BCUT2D eigenvalue weighted by atomic mass is 10.1. The molecular formula is C19H17BrN2O4. The molecule has 0 unspecified atom stereocenters. The van der Waals surface area contributed by atoms with Crippen molar-refractivity contribution in [2.75, 3.05) is 13.2 Å². The van der Waals surface area contributed by atoms with Gasteiger partial charge in [-0.1, -0.05) is 34.1 Å². The molecule has 134 valence electrons. The average Bonchev–Trinajstić information content (AvgIpc) is 2.89. The van der Waals surface area contributed by atoms with Crippen molar-refractivity contribution in [3.8, 4) is 5.75 Å². The largest absolute Gasteiger partial charge is 0.492 e. The molecule has 1 N–H and O–H groups in total. The van der Waals surface area contributed by atoms with Crippen LogP contribution >= 0.6 is 15.9 Å². The maximum atomic E-state index is 12.4. The highest BCUT2D eigenvalue weighted by atomic mass is 79.9. The number of benzene rings is 2. The Bertz CT molecular complexity index is 833. The van der Waals surface area contributed by atoms with Crippen LogP contribution < -0.4 is 10.1 Å². The second kappa shape index (κ2) is 7.70. The van der Waals surface area contributed by atoms with Crippen LogP contribution in [-0.2, 0) is 4.79 Å². The molecule has 0 spiro atoms. The third kappa shape index (κ3) is 3.62. The van der Waals surface area contributed by atoms with Gasteiger partial charge in [0, 0.05) is 4.47 Å². The van der Waals surface area contributed by atoms with Crippen molar-refractivity contribution < 1.29 is 19.1 Å². The standard InChI is InChI=1S/C19H17BrN2O4/c1-12(22-18(24)15-7-2-3-8-16(15)19(22)25)17(23)21-9-10-26-14-6-4-5-13(20)11-14/h2-8,11-12H,9-10H2,1H3,(H,21,23)/t12-/m0/s1. The molecule has 0 radical (unpaired) electrons. The van der Waals surface area contributed by atoms with E-state index in [0.29, 0.717) is 16.9 Å². The molecule has 6 nitrogen and oxygen atoms in total. The van der Waals surface area contributed by atoms with Crippen LogP contribution in [0.1, 0.15) is 27.6 Å². The van der Waals surface area contributed by atoms with Crippen molar-refractivity contribution in [3.63, 3.8) is 0 Å². The number of nitrogens with one attached hydrogen (secondary N) is 1. The van der Waals surface area contributed by atoms with E-state index in [1.807, 2.05) is 24.3 Å². The molecule has 3 amide bonds. The number of hydrogen-bond donors (Lipinski definition) is 1. The number of imide groups is 1. The Labute approximate surface area is 159 Å². The van der Waals surface area contributed by atoms with Gasteiger partial charge in [0.2, 0.25) is 5.91 Å². The minimum atomic E-state index is -0.895. The van der Waals surface area contributed by atoms with Crippen LogP contribution in [0.2, 0.25) is 0 Å². The van der Waals surface area contributed by atoms with Crippen molar-refractivity contribution in [3.05, 3.63) is 64.1 Å². The van der Waals surface area contributed by atoms with Crippen LogP contribution in [0.4, 0.5) is 0 Å². The number of nitrogens with zero attached hydrogens (tertiary/aromatic N) is 1. The molecule has 1 atom stereocenters. The summed E-state index contributed by atoms with van der Waals surface area (Å²) in [4.78, 5) is 38.1. The topological polar surface area (TPSA) is 75.7 Å². The summed E-state index contributed by atoms with van der Waals surface area (Å²) >= 11 is 3.36. The van der Waals surface area contributed by atoms with Gasteiger partial charge in [-0.15, -0.1) is 0 Å². The summed E-state index contributed by atoms with van der Waals surface area (Å²) in [6.07, 6.45) is 0. The van der Waals surface area contributed by atoms with E-state index < -0.39 is 23.8 Å². The lowest BCUT2D eigenvalue weighted by Gasteiger charge is -2.21. The zero-order chi connectivity index (χ0) is 18.7. The molecule has 0 fully saturated rings. The average molecular weight is 417 g/mol. The SMILES string of the molecule is C[C@@H](C(=O)NCCOc1cccc(Br)c1)N1C(=O)c2ccccc2C1=O. The van der Waals surface area contributed by atoms with Crippen molar-refractivity contribution >= 4 is 33.7 Å². The number of fused-ring (bicyclic) bond motifs is 1. The first-order valence-corrected chi connectivity index (χ1v) is 8.91. The van der Waals surface area contributed by atoms with Gasteiger partial charge in [-0.3, -0.25) is 19.3 Å². The molecule has 0 saturated heterocycles. The zero-order valence-electron chi connectivity index (χ0n) is 14.1. The fraction of sp³-hybridized carbons (Fsp3) is 0.211. The van der Waals surface area contributed by atoms with Gasteiger partial charge in [-0.25, -0.2) is 0 Å². The van der Waals surface area contributed by atoms with E-state index in [0.717, 1.165) is 9.37 Å². The van der Waals surface area contributed by atoms with E-state index in [1.165, 1.54) is 6.92 Å². The second-order valence-corrected chi connectivity index (χ2v) is 6.71. The molecule has 1 aliphatic heterocycles. The molecule has 7 heteroatoms. The Morgan fingerprint density at radius 1 is 1.12 bits per heavy atom. The summed E-state index contributed by atoms with van der Waals surface area (Å²) in [5.41, 5.74) is 0.658. The number of halogens is 1. The number of amides is 3. The highest BCUT2D eigenvalue weighted by Crippen LogP contribution is 2.24. The smallest absolute Gasteiger partial charge is 0.262 e. The molecule has 2 aromatic carbocycles. The van der Waals surface area contributed by atoms with Gasteiger partial charge in [0.05, 0.1) is 17.7 Å². The van der Waals surface area contributed by atoms with Gasteiger partial charge in [0.25, 0.3) is 11.8 Å². The zero-order valence-corrected chi connectivity index (χ0v) is 15.7. The number of rotatable bonds is 6. The van der Waals surface area contributed by atoms with Crippen molar-refractivity contribution in [1.82, 2.24) is 10.2 Å². The first-order chi connectivity index (χ1) is 12.5. The second-order valence-electron chi connectivity index (χ2n) is 5.80. The molecule has 0 bridgehead atoms. The predicted octanol–water partition coefficient (Wildman–Crippen LogP) is 2.63. The van der Waals surface area contributed by atoms with E-state index in [2.05, 4.69) is 21.2 Å². The molecule has 0 aliphatic carbocycles. The first kappa shape index (κ1) is 18.1. The Morgan fingerprint density at radius 3 is 2.38 bits per heavy atom. The number of ether oxygens (including phenoxy) is 1. The summed E-state index contributed by atoms with van der Waals surface area (Å²) in [5, 5.41) is 2.69. The molecule has 2 aromatic rings. The maximum Gasteiger partial charge on any atom is 0.262 e. The van der Waals surface area contributed by atoms with Gasteiger partial charge in [-0.05, 0) is 37.3 Å². The fourth-order valence-electron chi connectivity index (χ4n) is 2.72. The monoisotopic (exact) mass is 416 g/mol. The van der Waals surface area contributed by atoms with Gasteiger partial charge >= 0.3 is 0 Å². The van der Waals surface area contributed by atoms with Crippen LogP contribution in [0.5, 0.6) is 5.75 Å². The van der Waals surface area contributed by atoms with E-state index in [4.69, 9.17) is 4.74 Å². The molecule has 1 aliphatic rings. The first-order valence-electron chi connectivity index (χ1n) is 8.12. The summed E-state index contributed by atoms with van der Waals surface area (Å²) in [6.45, 7) is 2.07. The Morgan fingerprint density at radius 2 is 1.77 bits per heavy atom. The number of carbonyl (C=O) groups excluding carboxylic acids is 3. The van der Waals surface area contributed by atoms with Crippen LogP contribution in [0.25, 0.3) is 0 Å². The van der Waals surface area contributed by atoms with Crippen LogP contribution in [-0.4, -0.2) is 41.8 Å². The Hall–Kier alpha value is -2.67. The van der Waals surface area contributed by atoms with Gasteiger partial charge in [0.1, 0.15) is 18.4 Å². The lowest BCUT2D eigenvalue weighted by molar-refractivity contribution is -0.124. The number of hydrogen-bond acceptors (Lipinski definition) is 4. The van der Waals surface area contributed by atoms with E-state index in [9.17, 15) is 14.4 Å². The third-order valence-corrected chi connectivity index (χ3v) is 4.55. The van der Waals surface area contributed by atoms with Crippen molar-refractivity contribution in [1.29, 1.82) is 0 Å². The fourth-order valence-corrected chi connectivity index (χ4v) is 3.10. The highest BCUT2D eigenvalue weighted by Gasteiger charge is 2.40. The minimum Gasteiger partial charge on any atom is -0.492 e. The van der Waals surface area contributed by atoms with Crippen LogP contribution in [0, 0.1) is 0 Å². The quantitative estimate of drug-likeness (QED) is 0.579. The van der Waals surface area contributed by atoms with Gasteiger partial charge in [-0.2, -0.15) is 0 Å².